The van der Waals surface area contributed by atoms with Crippen LogP contribution >= 0.6 is 0 Å². The molecule has 2 aliphatic heterocycles. The minimum Gasteiger partial charge on any atom is -0.353 e. The first-order valence-electron chi connectivity index (χ1n) is 6.82. The Hall–Kier alpha value is -3.01. The van der Waals surface area contributed by atoms with Crippen LogP contribution in [0.1, 0.15) is 0 Å². The van der Waals surface area contributed by atoms with Crippen LogP contribution < -0.4 is 0 Å². The van der Waals surface area contributed by atoms with Gasteiger partial charge in [-0.3, -0.25) is 0 Å². The summed E-state index contributed by atoms with van der Waals surface area (Å²) in [5.74, 6) is 0. The van der Waals surface area contributed by atoms with Crippen LogP contribution in [0.2, 0.25) is 0 Å². The fraction of sp³-hybridized carbons (Fsp3) is 0. The molecule has 1 N–H and O–H groups in total. The number of fused-ring (bicyclic) bond motifs is 7. The molecular weight excluding hydrogens is 260 g/mol. The summed E-state index contributed by atoms with van der Waals surface area (Å²) in [4.78, 5) is 8.18. The highest BCUT2D eigenvalue weighted by atomic mass is 15.1. The van der Waals surface area contributed by atoms with E-state index in [1.54, 1.807) is 6.20 Å². The summed E-state index contributed by atoms with van der Waals surface area (Å²) in [6, 6.07) is 16.3. The molecule has 4 heteroatoms. The van der Waals surface area contributed by atoms with Gasteiger partial charge in [0.1, 0.15) is 11.4 Å². The van der Waals surface area contributed by atoms with Crippen molar-refractivity contribution in [2.24, 2.45) is 0 Å². The van der Waals surface area contributed by atoms with Gasteiger partial charge in [0.25, 0.3) is 0 Å². The van der Waals surface area contributed by atoms with E-state index < -0.39 is 0 Å². The Labute approximate surface area is 119 Å². The molecule has 2 aliphatic rings. The molecule has 0 fully saturated rings. The van der Waals surface area contributed by atoms with Crippen LogP contribution in [0.5, 0.6) is 0 Å². The highest BCUT2D eigenvalue weighted by Gasteiger charge is 2.18. The molecule has 0 amide bonds. The lowest BCUT2D eigenvalue weighted by molar-refractivity contribution is 1.07. The second-order valence-corrected chi connectivity index (χ2v) is 5.13. The second kappa shape index (κ2) is 3.76. The molecule has 0 spiro atoms. The van der Waals surface area contributed by atoms with Gasteiger partial charge in [0.05, 0.1) is 17.2 Å². The van der Waals surface area contributed by atoms with Crippen molar-refractivity contribution in [3.05, 3.63) is 54.7 Å². The number of aromatic amines is 1. The molecule has 3 heterocycles. The molecule has 5 rings (SSSR count). The molecule has 0 saturated carbocycles. The van der Waals surface area contributed by atoms with Gasteiger partial charge in [0.2, 0.25) is 0 Å². The number of benzene rings is 2. The Morgan fingerprint density at radius 2 is 1.57 bits per heavy atom. The minimum atomic E-state index is 0.852. The summed E-state index contributed by atoms with van der Waals surface area (Å²) < 4.78 is 0. The van der Waals surface area contributed by atoms with E-state index >= 15 is 0 Å². The molecule has 21 heavy (non-hydrogen) atoms. The summed E-state index contributed by atoms with van der Waals surface area (Å²) in [6.07, 6.45) is 1.77. The maximum atomic E-state index is 4.78. The number of hydrogen-bond donors (Lipinski definition) is 1. The van der Waals surface area contributed by atoms with Crippen LogP contribution in [-0.2, 0) is 0 Å². The van der Waals surface area contributed by atoms with Crippen LogP contribution in [0.15, 0.2) is 54.7 Å². The largest absolute Gasteiger partial charge is 0.353 e. The van der Waals surface area contributed by atoms with E-state index in [1.807, 2.05) is 36.4 Å². The summed E-state index contributed by atoms with van der Waals surface area (Å²) in [7, 11) is 0. The Morgan fingerprint density at radius 1 is 0.762 bits per heavy atom. The number of hydrogen-bond acceptors (Lipinski definition) is 3. The molecule has 4 nitrogen and oxygen atoms in total. The van der Waals surface area contributed by atoms with Gasteiger partial charge >= 0.3 is 0 Å². The summed E-state index contributed by atoms with van der Waals surface area (Å²) in [5, 5.41) is 11.8. The number of nitrogens with zero attached hydrogens (tertiary/aromatic N) is 3. The van der Waals surface area contributed by atoms with E-state index in [1.165, 1.54) is 0 Å². The normalized spacial score (nSPS) is 11.8. The van der Waals surface area contributed by atoms with Gasteiger partial charge in [-0.1, -0.05) is 36.4 Å². The van der Waals surface area contributed by atoms with Gasteiger partial charge < -0.3 is 4.98 Å². The molecule has 98 valence electrons. The van der Waals surface area contributed by atoms with Gasteiger partial charge in [-0.2, -0.15) is 5.10 Å². The van der Waals surface area contributed by atoms with E-state index in [4.69, 9.17) is 4.98 Å². The van der Waals surface area contributed by atoms with Crippen molar-refractivity contribution < 1.29 is 0 Å². The van der Waals surface area contributed by atoms with E-state index in [-0.39, 0.29) is 0 Å². The summed E-state index contributed by atoms with van der Waals surface area (Å²) >= 11 is 0. The molecule has 3 aromatic rings. The predicted molar refractivity (Wildman–Crippen MR) is 83.3 cm³/mol. The minimum absolute atomic E-state index is 0.852. The van der Waals surface area contributed by atoms with Crippen LogP contribution in [0.3, 0.4) is 0 Å². The van der Waals surface area contributed by atoms with E-state index in [9.17, 15) is 0 Å². The van der Waals surface area contributed by atoms with Crippen molar-refractivity contribution >= 4 is 32.7 Å². The standard InChI is InChI=1S/C17H10N4/c1-3-7-12-10(5-1)15-14(19-12)9-18-21-16-11-6-2-4-8-13(11)20-17(15)16/h1-9,19H. The average Bonchev–Trinajstić information content (AvgIpc) is 3.00. The lowest BCUT2D eigenvalue weighted by Crippen LogP contribution is -1.79. The van der Waals surface area contributed by atoms with Gasteiger partial charge in [0.15, 0.2) is 0 Å². The van der Waals surface area contributed by atoms with Crippen molar-refractivity contribution in [3.8, 4) is 11.4 Å². The monoisotopic (exact) mass is 270 g/mol. The first-order valence-corrected chi connectivity index (χ1v) is 6.82. The van der Waals surface area contributed by atoms with Crippen molar-refractivity contribution in [2.45, 2.75) is 0 Å². The molecule has 1 aromatic heterocycles. The zero-order chi connectivity index (χ0) is 13.8. The van der Waals surface area contributed by atoms with Gasteiger partial charge in [-0.15, -0.1) is 5.10 Å². The Balaban J connectivity index is 2.10. The lowest BCUT2D eigenvalue weighted by Gasteiger charge is -1.92. The lowest BCUT2D eigenvalue weighted by atomic mass is 10.1. The molecule has 0 unspecified atom stereocenters. The predicted octanol–water partition coefficient (Wildman–Crippen LogP) is 3.76. The molecule has 0 saturated heterocycles. The molecule has 2 aromatic carbocycles. The fourth-order valence-corrected chi connectivity index (χ4v) is 3.01. The molecule has 0 atom stereocenters. The topological polar surface area (TPSA) is 54.5 Å². The molecule has 0 aliphatic carbocycles. The zero-order valence-electron chi connectivity index (χ0n) is 11.0. The number of para-hydroxylation sites is 2. The fourth-order valence-electron chi connectivity index (χ4n) is 3.01. The maximum absolute atomic E-state index is 4.78. The smallest absolute Gasteiger partial charge is 0.121 e. The molecule has 0 bridgehead atoms. The van der Waals surface area contributed by atoms with Crippen molar-refractivity contribution in [3.63, 3.8) is 0 Å². The van der Waals surface area contributed by atoms with Crippen LogP contribution in [0, 0.1) is 0 Å². The van der Waals surface area contributed by atoms with Gasteiger partial charge in [-0.25, -0.2) is 4.98 Å². The molecule has 0 radical (unpaired) electrons. The highest BCUT2D eigenvalue weighted by molar-refractivity contribution is 6.15. The number of aromatic nitrogens is 4. The average molecular weight is 270 g/mol. The Kier molecular flexibility index (Phi) is 1.92. The van der Waals surface area contributed by atoms with Gasteiger partial charge in [0, 0.05) is 21.7 Å². The van der Waals surface area contributed by atoms with E-state index in [0.717, 1.165) is 44.1 Å². The van der Waals surface area contributed by atoms with Crippen LogP contribution in [0.25, 0.3) is 44.1 Å². The van der Waals surface area contributed by atoms with Crippen molar-refractivity contribution in [2.75, 3.05) is 0 Å². The third kappa shape index (κ3) is 1.36. The van der Waals surface area contributed by atoms with Crippen molar-refractivity contribution in [1.29, 1.82) is 0 Å². The van der Waals surface area contributed by atoms with E-state index in [2.05, 4.69) is 27.3 Å². The second-order valence-electron chi connectivity index (χ2n) is 5.13. The quantitative estimate of drug-likeness (QED) is 0.466. The van der Waals surface area contributed by atoms with Crippen LogP contribution in [-0.4, -0.2) is 20.2 Å². The Bertz CT molecular complexity index is 1090. The third-order valence-corrected chi connectivity index (χ3v) is 3.93. The van der Waals surface area contributed by atoms with Crippen LogP contribution in [0.4, 0.5) is 0 Å². The Morgan fingerprint density at radius 3 is 2.52 bits per heavy atom. The highest BCUT2D eigenvalue weighted by Crippen LogP contribution is 2.36. The summed E-state index contributed by atoms with van der Waals surface area (Å²) in [5.41, 5.74) is 4.77. The maximum Gasteiger partial charge on any atom is 0.121 e. The number of H-pyrrole nitrogens is 1. The summed E-state index contributed by atoms with van der Waals surface area (Å²) in [6.45, 7) is 0. The number of nitrogens with one attached hydrogen (secondary N) is 1. The van der Waals surface area contributed by atoms with E-state index in [0.29, 0.717) is 0 Å². The molecular formula is C17H10N4. The zero-order valence-corrected chi connectivity index (χ0v) is 11.0. The SMILES string of the molecule is c1ccc2c3nncc4[nH]c5ccccc5c4c-3nc2c1. The third-order valence-electron chi connectivity index (χ3n) is 3.93. The first kappa shape index (κ1) is 10.7. The first-order chi connectivity index (χ1) is 10.4. The van der Waals surface area contributed by atoms with Gasteiger partial charge in [-0.05, 0) is 12.1 Å². The van der Waals surface area contributed by atoms with Crippen molar-refractivity contribution in [1.82, 2.24) is 20.2 Å². The number of rotatable bonds is 0.